The van der Waals surface area contributed by atoms with Gasteiger partial charge in [0.2, 0.25) is 0 Å². The topological polar surface area (TPSA) is 38.7 Å². The van der Waals surface area contributed by atoms with Gasteiger partial charge in [0, 0.05) is 29.8 Å². The number of hydrogen-bond donors (Lipinski definition) is 0. The minimum absolute atomic E-state index is 0.815. The highest BCUT2D eigenvalue weighted by Crippen LogP contribution is 2.27. The van der Waals surface area contributed by atoms with Gasteiger partial charge in [-0.2, -0.15) is 0 Å². The van der Waals surface area contributed by atoms with Crippen molar-refractivity contribution < 1.29 is 0 Å². The molecular weight excluding hydrogens is 302 g/mol. The summed E-state index contributed by atoms with van der Waals surface area (Å²) in [6, 6.07) is 10.1. The molecule has 3 nitrogen and oxygen atoms in total. The number of aromatic nitrogens is 3. The van der Waals surface area contributed by atoms with E-state index in [2.05, 4.69) is 49.9 Å². The number of fused-ring (bicyclic) bond motifs is 1. The van der Waals surface area contributed by atoms with Gasteiger partial charge in [0.25, 0.3) is 0 Å². The number of rotatable bonds is 2. The van der Waals surface area contributed by atoms with E-state index in [0.717, 1.165) is 33.5 Å². The lowest BCUT2D eigenvalue weighted by Crippen LogP contribution is -1.96. The molecule has 1 aromatic carbocycles. The van der Waals surface area contributed by atoms with Crippen LogP contribution in [-0.2, 0) is 6.42 Å². The Morgan fingerprint density at radius 2 is 2.05 bits per heavy atom. The SMILES string of the molecule is CCc1nc(Br)cc(-c2cccc3ccncc23)n1. The van der Waals surface area contributed by atoms with Crippen LogP contribution in [0.5, 0.6) is 0 Å². The summed E-state index contributed by atoms with van der Waals surface area (Å²) in [5.74, 6) is 0.838. The second-order valence-corrected chi connectivity index (χ2v) is 5.06. The highest BCUT2D eigenvalue weighted by Gasteiger charge is 2.08. The van der Waals surface area contributed by atoms with E-state index in [1.165, 1.54) is 5.39 Å². The number of halogens is 1. The molecule has 0 fully saturated rings. The molecule has 0 spiro atoms. The molecule has 0 aliphatic heterocycles. The number of hydrogen-bond acceptors (Lipinski definition) is 3. The van der Waals surface area contributed by atoms with Gasteiger partial charge in [-0.15, -0.1) is 0 Å². The summed E-state index contributed by atoms with van der Waals surface area (Å²) in [5, 5.41) is 2.28. The summed E-state index contributed by atoms with van der Waals surface area (Å²) in [7, 11) is 0. The van der Waals surface area contributed by atoms with E-state index in [-0.39, 0.29) is 0 Å². The fourth-order valence-electron chi connectivity index (χ4n) is 2.10. The molecule has 0 saturated carbocycles. The van der Waals surface area contributed by atoms with Crippen LogP contribution in [0.3, 0.4) is 0 Å². The van der Waals surface area contributed by atoms with Crippen LogP contribution < -0.4 is 0 Å². The summed E-state index contributed by atoms with van der Waals surface area (Å²) < 4.78 is 0.815. The van der Waals surface area contributed by atoms with Gasteiger partial charge in [-0.05, 0) is 33.4 Å². The third kappa shape index (κ3) is 2.36. The summed E-state index contributed by atoms with van der Waals surface area (Å²) in [6.45, 7) is 2.05. The van der Waals surface area contributed by atoms with Crippen LogP contribution in [0.4, 0.5) is 0 Å². The first kappa shape index (κ1) is 12.2. The van der Waals surface area contributed by atoms with Crippen LogP contribution in [0.15, 0.2) is 47.3 Å². The van der Waals surface area contributed by atoms with Crippen LogP contribution in [0.25, 0.3) is 22.0 Å². The zero-order chi connectivity index (χ0) is 13.2. The molecule has 0 aliphatic rings. The van der Waals surface area contributed by atoms with Gasteiger partial charge >= 0.3 is 0 Å². The quantitative estimate of drug-likeness (QED) is 0.671. The molecule has 4 heteroatoms. The lowest BCUT2D eigenvalue weighted by atomic mass is 10.0. The largest absolute Gasteiger partial charge is 0.264 e. The normalized spacial score (nSPS) is 10.8. The van der Waals surface area contributed by atoms with Gasteiger partial charge in [-0.3, -0.25) is 4.98 Å². The zero-order valence-corrected chi connectivity index (χ0v) is 12.1. The Bertz CT molecular complexity index is 735. The van der Waals surface area contributed by atoms with Crippen LogP contribution in [-0.4, -0.2) is 15.0 Å². The van der Waals surface area contributed by atoms with Gasteiger partial charge in [-0.25, -0.2) is 9.97 Å². The Kier molecular flexibility index (Phi) is 3.25. The molecule has 0 atom stereocenters. The molecule has 0 radical (unpaired) electrons. The van der Waals surface area contributed by atoms with Gasteiger partial charge < -0.3 is 0 Å². The fourth-order valence-corrected chi connectivity index (χ4v) is 2.52. The second-order valence-electron chi connectivity index (χ2n) is 4.25. The molecule has 94 valence electrons. The Hall–Kier alpha value is -1.81. The van der Waals surface area contributed by atoms with Crippen molar-refractivity contribution in [3.05, 3.63) is 53.2 Å². The fraction of sp³-hybridized carbons (Fsp3) is 0.133. The predicted octanol–water partition coefficient (Wildman–Crippen LogP) is 4.02. The average molecular weight is 314 g/mol. The van der Waals surface area contributed by atoms with Crippen molar-refractivity contribution in [2.24, 2.45) is 0 Å². The molecule has 0 amide bonds. The van der Waals surface area contributed by atoms with Gasteiger partial charge in [0.15, 0.2) is 0 Å². The second kappa shape index (κ2) is 5.05. The third-order valence-corrected chi connectivity index (χ3v) is 3.42. The van der Waals surface area contributed by atoms with E-state index in [1.807, 2.05) is 24.4 Å². The molecule has 3 rings (SSSR count). The Balaban J connectivity index is 2.27. The van der Waals surface area contributed by atoms with E-state index >= 15 is 0 Å². The summed E-state index contributed by atoms with van der Waals surface area (Å²) >= 11 is 3.45. The maximum absolute atomic E-state index is 4.60. The molecule has 0 saturated heterocycles. The smallest absolute Gasteiger partial charge is 0.130 e. The van der Waals surface area contributed by atoms with Crippen molar-refractivity contribution in [3.63, 3.8) is 0 Å². The molecule has 2 aromatic heterocycles. The third-order valence-electron chi connectivity index (χ3n) is 3.02. The van der Waals surface area contributed by atoms with E-state index in [9.17, 15) is 0 Å². The highest BCUT2D eigenvalue weighted by molar-refractivity contribution is 9.10. The lowest BCUT2D eigenvalue weighted by Gasteiger charge is -2.07. The van der Waals surface area contributed by atoms with E-state index < -0.39 is 0 Å². The predicted molar refractivity (Wildman–Crippen MR) is 79.8 cm³/mol. The molecule has 3 aromatic rings. The molecule has 0 bridgehead atoms. The molecule has 19 heavy (non-hydrogen) atoms. The standard InChI is InChI=1S/C15H12BrN3/c1-2-15-18-13(8-14(16)19-15)11-5-3-4-10-6-7-17-9-12(10)11/h3-9H,2H2,1H3. The highest BCUT2D eigenvalue weighted by atomic mass is 79.9. The first-order chi connectivity index (χ1) is 9.28. The van der Waals surface area contributed by atoms with Crippen molar-refractivity contribution in [1.29, 1.82) is 0 Å². The Morgan fingerprint density at radius 3 is 2.89 bits per heavy atom. The van der Waals surface area contributed by atoms with Crippen molar-refractivity contribution in [2.75, 3.05) is 0 Å². The molecule has 0 unspecified atom stereocenters. The zero-order valence-electron chi connectivity index (χ0n) is 10.5. The summed E-state index contributed by atoms with van der Waals surface area (Å²) in [5.41, 5.74) is 2.01. The molecule has 2 heterocycles. The molecular formula is C15H12BrN3. The first-order valence-corrected chi connectivity index (χ1v) is 6.94. The number of pyridine rings is 1. The average Bonchev–Trinajstić information content (AvgIpc) is 2.46. The van der Waals surface area contributed by atoms with Gasteiger partial charge in [0.1, 0.15) is 10.4 Å². The van der Waals surface area contributed by atoms with Crippen molar-refractivity contribution >= 4 is 26.7 Å². The van der Waals surface area contributed by atoms with Crippen molar-refractivity contribution in [3.8, 4) is 11.3 Å². The first-order valence-electron chi connectivity index (χ1n) is 6.14. The maximum Gasteiger partial charge on any atom is 0.130 e. The van der Waals surface area contributed by atoms with E-state index in [4.69, 9.17) is 0 Å². The number of nitrogens with zero attached hydrogens (tertiary/aromatic N) is 3. The van der Waals surface area contributed by atoms with Crippen molar-refractivity contribution in [1.82, 2.24) is 15.0 Å². The van der Waals surface area contributed by atoms with Crippen LogP contribution in [0.1, 0.15) is 12.7 Å². The van der Waals surface area contributed by atoms with Crippen molar-refractivity contribution in [2.45, 2.75) is 13.3 Å². The molecule has 0 aliphatic carbocycles. The summed E-state index contributed by atoms with van der Waals surface area (Å²) in [6.07, 6.45) is 4.50. The number of benzene rings is 1. The summed E-state index contributed by atoms with van der Waals surface area (Å²) in [4.78, 5) is 13.2. The Morgan fingerprint density at radius 1 is 1.16 bits per heavy atom. The minimum Gasteiger partial charge on any atom is -0.264 e. The maximum atomic E-state index is 4.60. The van der Waals surface area contributed by atoms with Gasteiger partial charge in [0.05, 0.1) is 5.69 Å². The lowest BCUT2D eigenvalue weighted by molar-refractivity contribution is 0.932. The van der Waals surface area contributed by atoms with Crippen LogP contribution >= 0.6 is 15.9 Å². The monoisotopic (exact) mass is 313 g/mol. The number of aryl methyl sites for hydroxylation is 1. The van der Waals surface area contributed by atoms with E-state index in [1.54, 1.807) is 6.20 Å². The molecule has 0 N–H and O–H groups in total. The van der Waals surface area contributed by atoms with Crippen LogP contribution in [0, 0.1) is 0 Å². The Labute approximate surface area is 119 Å². The van der Waals surface area contributed by atoms with Gasteiger partial charge in [-0.1, -0.05) is 25.1 Å². The van der Waals surface area contributed by atoms with Crippen LogP contribution in [0.2, 0.25) is 0 Å². The minimum atomic E-state index is 0.815. The van der Waals surface area contributed by atoms with E-state index in [0.29, 0.717) is 0 Å².